The number of carbonyl (C=O) groups is 2. The molecule has 1 aromatic carbocycles. The monoisotopic (exact) mass is 341 g/mol. The van der Waals surface area contributed by atoms with E-state index in [1.165, 1.54) is 32.4 Å². The van der Waals surface area contributed by atoms with Gasteiger partial charge in [-0.05, 0) is 50.9 Å². The molecule has 0 unspecified atom stereocenters. The van der Waals surface area contributed by atoms with Gasteiger partial charge in [0.15, 0.2) is 6.17 Å². The summed E-state index contributed by atoms with van der Waals surface area (Å²) >= 11 is 0. The number of anilines is 1. The summed E-state index contributed by atoms with van der Waals surface area (Å²) in [7, 11) is 0. The number of rotatable bonds is 2. The smallest absolute Gasteiger partial charge is 0.225 e. The van der Waals surface area contributed by atoms with Gasteiger partial charge in [-0.15, -0.1) is 0 Å². The number of nitrogens with zero attached hydrogens (tertiary/aromatic N) is 3. The summed E-state index contributed by atoms with van der Waals surface area (Å²) in [6.07, 6.45) is 5.72. The average Bonchev–Trinajstić information content (AvgIpc) is 2.96. The van der Waals surface area contributed by atoms with E-state index >= 15 is 0 Å². The van der Waals surface area contributed by atoms with Crippen LogP contribution in [0.2, 0.25) is 0 Å². The molecule has 4 rings (SSSR count). The van der Waals surface area contributed by atoms with Crippen LogP contribution in [0, 0.1) is 0 Å². The fourth-order valence-electron chi connectivity index (χ4n) is 4.73. The Morgan fingerprint density at radius 3 is 2.32 bits per heavy atom. The minimum atomic E-state index is -0.447. The van der Waals surface area contributed by atoms with Crippen LogP contribution in [0.1, 0.15) is 49.4 Å². The first-order valence-electron chi connectivity index (χ1n) is 9.58. The lowest BCUT2D eigenvalue weighted by molar-refractivity contribution is -0.117. The van der Waals surface area contributed by atoms with Crippen molar-refractivity contribution in [3.8, 4) is 0 Å². The number of Topliss-reactive ketones (excluding diaryl/α,β-unsaturated/α-hetero) is 1. The van der Waals surface area contributed by atoms with Crippen LogP contribution in [0.3, 0.4) is 0 Å². The second kappa shape index (κ2) is 6.89. The molecule has 2 saturated heterocycles. The molecule has 3 heterocycles. The molecule has 0 saturated carbocycles. The quantitative estimate of drug-likeness (QED) is 0.829. The van der Waals surface area contributed by atoms with E-state index in [-0.39, 0.29) is 11.7 Å². The Morgan fingerprint density at radius 2 is 1.64 bits per heavy atom. The van der Waals surface area contributed by atoms with Crippen LogP contribution in [0.25, 0.3) is 0 Å². The van der Waals surface area contributed by atoms with Gasteiger partial charge in [-0.2, -0.15) is 0 Å². The van der Waals surface area contributed by atoms with Crippen LogP contribution in [-0.2, 0) is 4.79 Å². The maximum Gasteiger partial charge on any atom is 0.225 e. The standard InChI is InChI=1S/C20H27N3O2/c1-15(24)23-18-8-4-3-7-17(18)19(25)20(23)22-13-9-16(10-14-22)21-11-5-2-6-12-21/h3-4,7-8,16,20H,2,5-6,9-14H2,1H3/t20-/m1/s1. The molecule has 134 valence electrons. The summed E-state index contributed by atoms with van der Waals surface area (Å²) in [6.45, 7) is 5.77. The molecule has 25 heavy (non-hydrogen) atoms. The number of hydrogen-bond donors (Lipinski definition) is 0. The van der Waals surface area contributed by atoms with E-state index < -0.39 is 6.17 Å². The van der Waals surface area contributed by atoms with Crippen molar-refractivity contribution in [2.24, 2.45) is 0 Å². The van der Waals surface area contributed by atoms with E-state index in [2.05, 4.69) is 9.80 Å². The van der Waals surface area contributed by atoms with E-state index in [9.17, 15) is 9.59 Å². The number of hydrogen-bond acceptors (Lipinski definition) is 4. The van der Waals surface area contributed by atoms with E-state index in [0.29, 0.717) is 11.6 Å². The van der Waals surface area contributed by atoms with Gasteiger partial charge in [0.2, 0.25) is 11.7 Å². The minimum absolute atomic E-state index is 0.0542. The largest absolute Gasteiger partial charge is 0.300 e. The van der Waals surface area contributed by atoms with Crippen molar-refractivity contribution in [3.05, 3.63) is 29.8 Å². The molecular weight excluding hydrogens is 314 g/mol. The van der Waals surface area contributed by atoms with Crippen molar-refractivity contribution in [1.82, 2.24) is 9.80 Å². The number of likely N-dealkylation sites (tertiary alicyclic amines) is 2. The topological polar surface area (TPSA) is 43.9 Å². The van der Waals surface area contributed by atoms with Gasteiger partial charge < -0.3 is 4.90 Å². The maximum absolute atomic E-state index is 12.9. The van der Waals surface area contributed by atoms with Crippen LogP contribution < -0.4 is 4.90 Å². The first-order valence-corrected chi connectivity index (χ1v) is 9.58. The highest BCUT2D eigenvalue weighted by Crippen LogP contribution is 2.35. The summed E-state index contributed by atoms with van der Waals surface area (Å²) in [5.74, 6) is 0.0173. The highest BCUT2D eigenvalue weighted by molar-refractivity contribution is 6.17. The van der Waals surface area contributed by atoms with Crippen molar-refractivity contribution < 1.29 is 9.59 Å². The van der Waals surface area contributed by atoms with E-state index in [0.717, 1.165) is 31.6 Å². The molecule has 1 aromatic rings. The molecule has 3 aliphatic heterocycles. The zero-order valence-electron chi connectivity index (χ0n) is 15.0. The second-order valence-electron chi connectivity index (χ2n) is 7.51. The molecule has 5 heteroatoms. The third-order valence-electron chi connectivity index (χ3n) is 6.00. The molecule has 0 N–H and O–H groups in total. The number of piperidine rings is 2. The van der Waals surface area contributed by atoms with Crippen molar-refractivity contribution in [2.45, 2.75) is 51.2 Å². The highest BCUT2D eigenvalue weighted by atomic mass is 16.2. The van der Waals surface area contributed by atoms with Gasteiger partial charge in [-0.3, -0.25) is 19.4 Å². The molecule has 3 aliphatic rings. The molecule has 0 aliphatic carbocycles. The molecule has 5 nitrogen and oxygen atoms in total. The predicted octanol–water partition coefficient (Wildman–Crippen LogP) is 2.51. The SMILES string of the molecule is CC(=O)N1c2ccccc2C(=O)[C@@H]1N1CCC(N2CCCCC2)CC1. The van der Waals surface area contributed by atoms with Gasteiger partial charge in [0.05, 0.1) is 5.69 Å². The molecule has 0 aromatic heterocycles. The lowest BCUT2D eigenvalue weighted by Crippen LogP contribution is -2.56. The average molecular weight is 341 g/mol. The van der Waals surface area contributed by atoms with E-state index in [4.69, 9.17) is 0 Å². The van der Waals surface area contributed by atoms with Gasteiger partial charge >= 0.3 is 0 Å². The predicted molar refractivity (Wildman–Crippen MR) is 97.7 cm³/mol. The summed E-state index contributed by atoms with van der Waals surface area (Å²) in [5, 5.41) is 0. The summed E-state index contributed by atoms with van der Waals surface area (Å²) in [6, 6.07) is 8.14. The molecule has 1 atom stereocenters. The van der Waals surface area contributed by atoms with Gasteiger partial charge in [0.1, 0.15) is 0 Å². The molecule has 0 radical (unpaired) electrons. The van der Waals surface area contributed by atoms with Crippen LogP contribution >= 0.6 is 0 Å². The van der Waals surface area contributed by atoms with E-state index in [1.807, 2.05) is 24.3 Å². The zero-order chi connectivity index (χ0) is 17.4. The van der Waals surface area contributed by atoms with E-state index in [1.54, 1.807) is 11.8 Å². The fourth-order valence-corrected chi connectivity index (χ4v) is 4.73. The number of carbonyl (C=O) groups excluding carboxylic acids is 2. The lowest BCUT2D eigenvalue weighted by Gasteiger charge is -2.43. The van der Waals surface area contributed by atoms with Gasteiger partial charge in [-0.1, -0.05) is 18.6 Å². The summed E-state index contributed by atoms with van der Waals surface area (Å²) in [5.41, 5.74) is 1.45. The molecular formula is C20H27N3O2. The fraction of sp³-hybridized carbons (Fsp3) is 0.600. The van der Waals surface area contributed by atoms with Crippen molar-refractivity contribution >= 4 is 17.4 Å². The number of fused-ring (bicyclic) bond motifs is 1. The molecule has 0 bridgehead atoms. The Hall–Kier alpha value is -1.72. The first kappa shape index (κ1) is 16.7. The lowest BCUT2D eigenvalue weighted by atomic mass is 9.99. The van der Waals surface area contributed by atoms with Gasteiger partial charge in [-0.25, -0.2) is 0 Å². The normalized spacial score (nSPS) is 26.0. The van der Waals surface area contributed by atoms with Gasteiger partial charge in [0, 0.05) is 31.6 Å². The number of para-hydroxylation sites is 1. The number of amides is 1. The zero-order valence-corrected chi connectivity index (χ0v) is 15.0. The maximum atomic E-state index is 12.9. The van der Waals surface area contributed by atoms with Gasteiger partial charge in [0.25, 0.3) is 0 Å². The number of ketones is 1. The van der Waals surface area contributed by atoms with Crippen LogP contribution in [0.5, 0.6) is 0 Å². The Labute approximate surface area is 149 Å². The Kier molecular flexibility index (Phi) is 4.61. The van der Waals surface area contributed by atoms with Crippen molar-refractivity contribution in [2.75, 3.05) is 31.1 Å². The first-order chi connectivity index (χ1) is 12.2. The highest BCUT2D eigenvalue weighted by Gasteiger charge is 2.44. The summed E-state index contributed by atoms with van der Waals surface area (Å²) < 4.78 is 0. The Morgan fingerprint density at radius 1 is 0.960 bits per heavy atom. The third-order valence-corrected chi connectivity index (χ3v) is 6.00. The van der Waals surface area contributed by atoms with Crippen molar-refractivity contribution in [3.63, 3.8) is 0 Å². The third kappa shape index (κ3) is 3.00. The number of benzene rings is 1. The summed E-state index contributed by atoms with van der Waals surface area (Å²) in [4.78, 5) is 31.7. The Bertz CT molecular complexity index is 661. The molecule has 0 spiro atoms. The van der Waals surface area contributed by atoms with Crippen LogP contribution in [0.15, 0.2) is 24.3 Å². The minimum Gasteiger partial charge on any atom is -0.300 e. The van der Waals surface area contributed by atoms with Crippen LogP contribution in [-0.4, -0.2) is 59.9 Å². The van der Waals surface area contributed by atoms with Crippen LogP contribution in [0.4, 0.5) is 5.69 Å². The molecule has 1 amide bonds. The Balaban J connectivity index is 1.49. The second-order valence-corrected chi connectivity index (χ2v) is 7.51. The molecule has 2 fully saturated rings. The van der Waals surface area contributed by atoms with Crippen molar-refractivity contribution in [1.29, 1.82) is 0 Å².